The number of pyridine rings is 1. The average molecular weight is 214 g/mol. The summed E-state index contributed by atoms with van der Waals surface area (Å²) in [4.78, 5) is 14.0. The maximum atomic E-state index is 12.6. The molecule has 0 atom stereocenters. The average Bonchev–Trinajstić information content (AvgIpc) is 2.54. The van der Waals surface area contributed by atoms with Gasteiger partial charge in [0.1, 0.15) is 11.3 Å². The van der Waals surface area contributed by atoms with Crippen LogP contribution in [0, 0.1) is 0 Å². The molecule has 0 aliphatic carbocycles. The van der Waals surface area contributed by atoms with Crippen molar-refractivity contribution in [1.82, 2.24) is 9.38 Å². The minimum absolute atomic E-state index is 0.104. The van der Waals surface area contributed by atoms with E-state index in [0.29, 0.717) is 0 Å². The van der Waals surface area contributed by atoms with Crippen molar-refractivity contribution in [2.45, 2.75) is 6.18 Å². The zero-order valence-corrected chi connectivity index (χ0v) is 7.32. The summed E-state index contributed by atoms with van der Waals surface area (Å²) in [6.07, 6.45) is -3.26. The molecule has 6 heteroatoms. The Morgan fingerprint density at radius 3 is 2.67 bits per heavy atom. The van der Waals surface area contributed by atoms with Crippen LogP contribution >= 0.6 is 0 Å². The van der Waals surface area contributed by atoms with Crippen molar-refractivity contribution in [3.8, 4) is 0 Å². The molecule has 78 valence electrons. The van der Waals surface area contributed by atoms with E-state index in [2.05, 4.69) is 4.98 Å². The number of carbonyl (C=O) groups is 1. The fourth-order valence-electron chi connectivity index (χ4n) is 1.38. The Labute approximate surface area is 82.2 Å². The van der Waals surface area contributed by atoms with Crippen molar-refractivity contribution >= 4 is 11.9 Å². The maximum Gasteiger partial charge on any atom is 0.434 e. The highest BCUT2D eigenvalue weighted by Crippen LogP contribution is 2.31. The van der Waals surface area contributed by atoms with Gasteiger partial charge in [-0.15, -0.1) is 0 Å². The quantitative estimate of drug-likeness (QED) is 0.682. The van der Waals surface area contributed by atoms with E-state index in [4.69, 9.17) is 0 Å². The van der Waals surface area contributed by atoms with Gasteiger partial charge >= 0.3 is 6.18 Å². The number of alkyl halides is 3. The second-order valence-electron chi connectivity index (χ2n) is 2.89. The van der Waals surface area contributed by atoms with E-state index in [0.717, 1.165) is 4.40 Å². The first-order chi connectivity index (χ1) is 7.04. The van der Waals surface area contributed by atoms with Crippen molar-refractivity contribution in [3.63, 3.8) is 0 Å². The Balaban J connectivity index is 2.84. The standard InChI is InChI=1S/C9H5F3N2O/c10-9(11,12)8-6(5-15)13-7-3-1-2-4-14(7)8/h1-5H. The number of fused-ring (bicyclic) bond motifs is 1. The summed E-state index contributed by atoms with van der Waals surface area (Å²) in [6.45, 7) is 0. The van der Waals surface area contributed by atoms with E-state index in [1.807, 2.05) is 0 Å². The Hall–Kier alpha value is -1.85. The smallest absolute Gasteiger partial charge is 0.296 e. The molecule has 2 heterocycles. The van der Waals surface area contributed by atoms with Crippen molar-refractivity contribution < 1.29 is 18.0 Å². The molecule has 2 rings (SSSR count). The molecule has 2 aromatic rings. The first kappa shape index (κ1) is 9.70. The second kappa shape index (κ2) is 3.08. The number of rotatable bonds is 1. The molecule has 0 aliphatic rings. The van der Waals surface area contributed by atoms with Gasteiger partial charge in [0, 0.05) is 6.20 Å². The summed E-state index contributed by atoms with van der Waals surface area (Å²) in [5.74, 6) is 0. The van der Waals surface area contributed by atoms with Gasteiger partial charge in [0.15, 0.2) is 12.0 Å². The summed E-state index contributed by atoms with van der Waals surface area (Å²) < 4.78 is 38.6. The lowest BCUT2D eigenvalue weighted by Gasteiger charge is -2.05. The predicted octanol–water partition coefficient (Wildman–Crippen LogP) is 2.17. The van der Waals surface area contributed by atoms with E-state index in [1.54, 1.807) is 6.07 Å². The number of aldehydes is 1. The molecule has 0 amide bonds. The van der Waals surface area contributed by atoms with E-state index >= 15 is 0 Å². The molecule has 0 aromatic carbocycles. The van der Waals surface area contributed by atoms with Crippen molar-refractivity contribution in [1.29, 1.82) is 0 Å². The fourth-order valence-corrected chi connectivity index (χ4v) is 1.38. The van der Waals surface area contributed by atoms with E-state index in [9.17, 15) is 18.0 Å². The molecule has 0 spiro atoms. The summed E-state index contributed by atoms with van der Waals surface area (Å²) in [5, 5.41) is 0. The Morgan fingerprint density at radius 1 is 1.33 bits per heavy atom. The van der Waals surface area contributed by atoms with Gasteiger partial charge in [-0.2, -0.15) is 13.2 Å². The molecular formula is C9H5F3N2O. The highest BCUT2D eigenvalue weighted by atomic mass is 19.4. The lowest BCUT2D eigenvalue weighted by molar-refractivity contribution is -0.142. The normalized spacial score (nSPS) is 11.9. The minimum atomic E-state index is -4.59. The highest BCUT2D eigenvalue weighted by Gasteiger charge is 2.37. The van der Waals surface area contributed by atoms with Crippen molar-refractivity contribution in [2.75, 3.05) is 0 Å². The number of halogens is 3. The van der Waals surface area contributed by atoms with Gasteiger partial charge in [-0.3, -0.25) is 9.20 Å². The molecule has 0 bridgehead atoms. The van der Waals surface area contributed by atoms with E-state index in [1.165, 1.54) is 18.3 Å². The molecule has 0 N–H and O–H groups in total. The summed E-state index contributed by atoms with van der Waals surface area (Å²) in [6, 6.07) is 4.40. The van der Waals surface area contributed by atoms with Crippen LogP contribution in [0.3, 0.4) is 0 Å². The topological polar surface area (TPSA) is 34.4 Å². The summed E-state index contributed by atoms with van der Waals surface area (Å²) >= 11 is 0. The number of hydrogen-bond acceptors (Lipinski definition) is 2. The van der Waals surface area contributed by atoms with Crippen LogP contribution in [0.4, 0.5) is 13.2 Å². The van der Waals surface area contributed by atoms with E-state index < -0.39 is 17.6 Å². The summed E-state index contributed by atoms with van der Waals surface area (Å²) in [5.41, 5.74) is -1.52. The molecule has 2 aromatic heterocycles. The van der Waals surface area contributed by atoms with E-state index in [-0.39, 0.29) is 11.9 Å². The van der Waals surface area contributed by atoms with Crippen LogP contribution in [0.2, 0.25) is 0 Å². The summed E-state index contributed by atoms with van der Waals surface area (Å²) in [7, 11) is 0. The molecular weight excluding hydrogens is 209 g/mol. The van der Waals surface area contributed by atoms with Gasteiger partial charge in [0.05, 0.1) is 0 Å². The molecule has 0 saturated carbocycles. The largest absolute Gasteiger partial charge is 0.434 e. The SMILES string of the molecule is O=Cc1nc2ccccn2c1C(F)(F)F. The first-order valence-electron chi connectivity index (χ1n) is 4.03. The zero-order chi connectivity index (χ0) is 11.1. The molecule has 15 heavy (non-hydrogen) atoms. The minimum Gasteiger partial charge on any atom is -0.296 e. The lowest BCUT2D eigenvalue weighted by Crippen LogP contribution is -2.11. The van der Waals surface area contributed by atoms with Gasteiger partial charge in [-0.05, 0) is 12.1 Å². The number of nitrogens with zero attached hydrogens (tertiary/aromatic N) is 2. The molecule has 0 radical (unpaired) electrons. The third-order valence-electron chi connectivity index (χ3n) is 1.94. The number of aromatic nitrogens is 2. The van der Waals surface area contributed by atoms with Crippen LogP contribution in [0.5, 0.6) is 0 Å². The first-order valence-corrected chi connectivity index (χ1v) is 4.03. The molecule has 0 fully saturated rings. The monoisotopic (exact) mass is 214 g/mol. The predicted molar refractivity (Wildman–Crippen MR) is 45.6 cm³/mol. The molecule has 0 aliphatic heterocycles. The van der Waals surface area contributed by atoms with Gasteiger partial charge in [0.2, 0.25) is 0 Å². The van der Waals surface area contributed by atoms with Crippen LogP contribution in [-0.4, -0.2) is 15.7 Å². The van der Waals surface area contributed by atoms with Gasteiger partial charge in [-0.1, -0.05) is 6.07 Å². The van der Waals surface area contributed by atoms with Crippen molar-refractivity contribution in [2.24, 2.45) is 0 Å². The van der Waals surface area contributed by atoms with Gasteiger partial charge in [0.25, 0.3) is 0 Å². The number of imidazole rings is 1. The Kier molecular flexibility index (Phi) is 1.99. The molecule has 3 nitrogen and oxygen atoms in total. The third-order valence-corrected chi connectivity index (χ3v) is 1.94. The fraction of sp³-hybridized carbons (Fsp3) is 0.111. The van der Waals surface area contributed by atoms with Gasteiger partial charge < -0.3 is 0 Å². The van der Waals surface area contributed by atoms with Gasteiger partial charge in [-0.25, -0.2) is 4.98 Å². The zero-order valence-electron chi connectivity index (χ0n) is 7.32. The van der Waals surface area contributed by atoms with Crippen LogP contribution in [0.1, 0.15) is 16.2 Å². The molecule has 0 unspecified atom stereocenters. The Bertz CT molecular complexity index is 516. The van der Waals surface area contributed by atoms with Crippen LogP contribution in [0.25, 0.3) is 5.65 Å². The number of carbonyl (C=O) groups excluding carboxylic acids is 1. The highest BCUT2D eigenvalue weighted by molar-refractivity contribution is 5.76. The van der Waals surface area contributed by atoms with Crippen LogP contribution in [-0.2, 0) is 6.18 Å². The van der Waals surface area contributed by atoms with Crippen LogP contribution in [0.15, 0.2) is 24.4 Å². The second-order valence-corrected chi connectivity index (χ2v) is 2.89. The molecule has 0 saturated heterocycles. The number of hydrogen-bond donors (Lipinski definition) is 0. The Morgan fingerprint density at radius 2 is 2.07 bits per heavy atom. The lowest BCUT2D eigenvalue weighted by atomic mass is 10.3. The van der Waals surface area contributed by atoms with Crippen LogP contribution < -0.4 is 0 Å². The van der Waals surface area contributed by atoms with Crippen molar-refractivity contribution in [3.05, 3.63) is 35.8 Å². The maximum absolute atomic E-state index is 12.6. The third kappa shape index (κ3) is 1.47.